The zero-order valence-electron chi connectivity index (χ0n) is 12.3. The van der Waals surface area contributed by atoms with Crippen molar-refractivity contribution in [3.8, 4) is 0 Å². The van der Waals surface area contributed by atoms with Crippen LogP contribution in [-0.2, 0) is 16.2 Å². The van der Waals surface area contributed by atoms with E-state index in [0.29, 0.717) is 0 Å². The summed E-state index contributed by atoms with van der Waals surface area (Å²) in [5.74, 6) is 0.148. The minimum Gasteiger partial charge on any atom is -0.392 e. The van der Waals surface area contributed by atoms with Crippen LogP contribution in [-0.4, -0.2) is 36.2 Å². The molecule has 2 atom stereocenters. The van der Waals surface area contributed by atoms with E-state index in [-0.39, 0.29) is 30.2 Å². The Morgan fingerprint density at radius 2 is 1.96 bits per heavy atom. The summed E-state index contributed by atoms with van der Waals surface area (Å²) >= 11 is 0. The third-order valence-electron chi connectivity index (χ3n) is 4.33. The molecule has 1 aliphatic carbocycles. The Labute approximate surface area is 133 Å². The maximum atomic E-state index is 12.9. The van der Waals surface area contributed by atoms with Gasteiger partial charge in [-0.2, -0.15) is 17.5 Å². The fourth-order valence-corrected chi connectivity index (χ4v) is 5.11. The first kappa shape index (κ1) is 16.7. The number of halogens is 3. The Morgan fingerprint density at radius 1 is 1.26 bits per heavy atom. The molecule has 0 unspecified atom stereocenters. The van der Waals surface area contributed by atoms with Gasteiger partial charge in [-0.1, -0.05) is 12.1 Å². The number of benzene rings is 1. The number of hydrogen-bond acceptors (Lipinski definition) is 3. The molecule has 1 aromatic carbocycles. The van der Waals surface area contributed by atoms with Crippen molar-refractivity contribution in [2.45, 2.75) is 37.6 Å². The molecular weight excluding hydrogens is 331 g/mol. The molecule has 1 heterocycles. The average molecular weight is 349 g/mol. The Balaban J connectivity index is 1.90. The van der Waals surface area contributed by atoms with Gasteiger partial charge in [0.05, 0.1) is 23.5 Å². The second kappa shape index (κ2) is 5.75. The number of aliphatic hydroxyl groups excluding tert-OH is 1. The van der Waals surface area contributed by atoms with Gasteiger partial charge in [-0.25, -0.2) is 8.42 Å². The van der Waals surface area contributed by atoms with Gasteiger partial charge in [0.15, 0.2) is 0 Å². The van der Waals surface area contributed by atoms with Crippen molar-refractivity contribution < 1.29 is 26.7 Å². The third-order valence-corrected chi connectivity index (χ3v) is 6.34. The van der Waals surface area contributed by atoms with Crippen LogP contribution in [0.2, 0.25) is 0 Å². The number of sulfonamides is 1. The number of rotatable bonds is 4. The summed E-state index contributed by atoms with van der Waals surface area (Å²) in [5.41, 5.74) is -0.535. The molecule has 23 heavy (non-hydrogen) atoms. The van der Waals surface area contributed by atoms with Crippen LogP contribution >= 0.6 is 0 Å². The van der Waals surface area contributed by atoms with Gasteiger partial charge in [-0.05, 0) is 42.9 Å². The fourth-order valence-electron chi connectivity index (χ4n) is 2.99. The van der Waals surface area contributed by atoms with E-state index in [1.807, 2.05) is 0 Å². The molecule has 128 valence electrons. The first-order chi connectivity index (χ1) is 10.7. The predicted octanol–water partition coefficient (Wildman–Crippen LogP) is 2.55. The van der Waals surface area contributed by atoms with Crippen LogP contribution in [0.1, 0.15) is 36.4 Å². The van der Waals surface area contributed by atoms with Crippen molar-refractivity contribution in [3.05, 3.63) is 35.4 Å². The lowest BCUT2D eigenvalue weighted by molar-refractivity contribution is -0.137. The van der Waals surface area contributed by atoms with Gasteiger partial charge in [0.2, 0.25) is 10.0 Å². The molecule has 3 rings (SSSR count). The van der Waals surface area contributed by atoms with E-state index in [1.165, 1.54) is 16.4 Å². The fraction of sp³-hybridized carbons (Fsp3) is 0.600. The van der Waals surface area contributed by atoms with E-state index in [1.54, 1.807) is 0 Å². The molecule has 1 aromatic rings. The molecule has 4 nitrogen and oxygen atoms in total. The summed E-state index contributed by atoms with van der Waals surface area (Å²) in [7, 11) is -3.58. The zero-order chi connectivity index (χ0) is 16.8. The molecule has 1 saturated carbocycles. The van der Waals surface area contributed by atoms with E-state index in [0.717, 1.165) is 25.0 Å². The highest BCUT2D eigenvalue weighted by Gasteiger charge is 2.42. The maximum absolute atomic E-state index is 12.9. The average Bonchev–Trinajstić information content (AvgIpc) is 3.15. The highest BCUT2D eigenvalue weighted by atomic mass is 32.2. The molecule has 1 saturated heterocycles. The summed E-state index contributed by atoms with van der Waals surface area (Å²) in [4.78, 5) is 0. The predicted molar refractivity (Wildman–Crippen MR) is 78.0 cm³/mol. The molecule has 2 fully saturated rings. The highest BCUT2D eigenvalue weighted by Crippen LogP contribution is 2.39. The van der Waals surface area contributed by atoms with E-state index < -0.39 is 33.9 Å². The summed E-state index contributed by atoms with van der Waals surface area (Å²) in [6, 6.07) is 3.95. The van der Waals surface area contributed by atoms with Gasteiger partial charge in [0.1, 0.15) is 0 Å². The van der Waals surface area contributed by atoms with E-state index >= 15 is 0 Å². The lowest BCUT2D eigenvalue weighted by Gasteiger charge is -2.24. The summed E-state index contributed by atoms with van der Waals surface area (Å²) in [5, 5.41) is 9.85. The van der Waals surface area contributed by atoms with Crippen molar-refractivity contribution in [1.82, 2.24) is 4.31 Å². The number of nitrogens with zero attached hydrogens (tertiary/aromatic N) is 1. The molecule has 0 radical (unpaired) electrons. The Morgan fingerprint density at radius 3 is 2.57 bits per heavy atom. The molecule has 0 spiro atoms. The summed E-state index contributed by atoms with van der Waals surface area (Å²) < 4.78 is 64.7. The lowest BCUT2D eigenvalue weighted by Crippen LogP contribution is -2.34. The lowest BCUT2D eigenvalue weighted by atomic mass is 10.0. The molecule has 1 N–H and O–H groups in total. The third kappa shape index (κ3) is 3.70. The number of alkyl halides is 3. The SMILES string of the molecule is O=S(=O)(CC1CC1)N1C[C@@H](O)C[C@@H]1c1cccc(C(F)(F)F)c1. The van der Waals surface area contributed by atoms with Gasteiger partial charge in [-0.3, -0.25) is 0 Å². The Bertz CT molecular complexity index is 685. The van der Waals surface area contributed by atoms with Crippen molar-refractivity contribution in [1.29, 1.82) is 0 Å². The smallest absolute Gasteiger partial charge is 0.392 e. The largest absolute Gasteiger partial charge is 0.416 e. The summed E-state index contributed by atoms with van der Waals surface area (Å²) in [6.07, 6.45) is -3.49. The molecule has 0 amide bonds. The quantitative estimate of drug-likeness (QED) is 0.909. The van der Waals surface area contributed by atoms with Gasteiger partial charge in [-0.15, -0.1) is 0 Å². The number of aliphatic hydroxyl groups is 1. The van der Waals surface area contributed by atoms with Gasteiger partial charge >= 0.3 is 6.18 Å². The molecule has 1 aliphatic heterocycles. The van der Waals surface area contributed by atoms with Crippen LogP contribution in [0.5, 0.6) is 0 Å². The second-order valence-electron chi connectivity index (χ2n) is 6.32. The minimum absolute atomic E-state index is 0.00911. The van der Waals surface area contributed by atoms with Crippen molar-refractivity contribution in [2.75, 3.05) is 12.3 Å². The highest BCUT2D eigenvalue weighted by molar-refractivity contribution is 7.89. The van der Waals surface area contributed by atoms with Crippen molar-refractivity contribution in [3.63, 3.8) is 0 Å². The Hall–Kier alpha value is -1.12. The molecule has 0 aromatic heterocycles. The number of β-amino-alcohol motifs (C(OH)–C–C–N with tert-alkyl or cyclic N) is 1. The maximum Gasteiger partial charge on any atom is 0.416 e. The molecule has 0 bridgehead atoms. The first-order valence-corrected chi connectivity index (χ1v) is 9.12. The van der Waals surface area contributed by atoms with Crippen LogP contribution in [0.25, 0.3) is 0 Å². The van der Waals surface area contributed by atoms with Crippen LogP contribution in [0.15, 0.2) is 24.3 Å². The van der Waals surface area contributed by atoms with Crippen molar-refractivity contribution in [2.24, 2.45) is 5.92 Å². The molecular formula is C15H18F3NO3S. The van der Waals surface area contributed by atoms with Crippen LogP contribution in [0.3, 0.4) is 0 Å². The van der Waals surface area contributed by atoms with Crippen LogP contribution < -0.4 is 0 Å². The van der Waals surface area contributed by atoms with E-state index in [9.17, 15) is 26.7 Å². The van der Waals surface area contributed by atoms with E-state index in [4.69, 9.17) is 0 Å². The summed E-state index contributed by atoms with van der Waals surface area (Å²) in [6.45, 7) is -0.0596. The van der Waals surface area contributed by atoms with Gasteiger partial charge in [0.25, 0.3) is 0 Å². The van der Waals surface area contributed by atoms with Crippen LogP contribution in [0.4, 0.5) is 13.2 Å². The van der Waals surface area contributed by atoms with Gasteiger partial charge < -0.3 is 5.11 Å². The topological polar surface area (TPSA) is 57.6 Å². The van der Waals surface area contributed by atoms with E-state index in [2.05, 4.69) is 0 Å². The Kier molecular flexibility index (Phi) is 4.18. The monoisotopic (exact) mass is 349 g/mol. The normalized spacial score (nSPS) is 26.6. The van der Waals surface area contributed by atoms with Crippen molar-refractivity contribution >= 4 is 10.0 Å². The van der Waals surface area contributed by atoms with Gasteiger partial charge in [0, 0.05) is 6.54 Å². The number of hydrogen-bond donors (Lipinski definition) is 1. The standard InChI is InChI=1S/C15H18F3NO3S/c16-15(17,18)12-3-1-2-11(6-12)14-7-13(20)8-19(14)23(21,22)9-10-4-5-10/h1-3,6,10,13-14,20H,4-5,7-9H2/t13-,14+/m0/s1. The zero-order valence-corrected chi connectivity index (χ0v) is 13.1. The molecule has 8 heteroatoms. The molecule has 2 aliphatic rings. The first-order valence-electron chi connectivity index (χ1n) is 7.51. The second-order valence-corrected chi connectivity index (χ2v) is 8.29. The van der Waals surface area contributed by atoms with Crippen LogP contribution in [0, 0.1) is 5.92 Å². The minimum atomic E-state index is -4.48.